The van der Waals surface area contributed by atoms with Gasteiger partial charge < -0.3 is 0 Å². The number of benzene rings is 2. The van der Waals surface area contributed by atoms with Crippen LogP contribution in [0.4, 0.5) is 11.5 Å². The number of aromatic nitrogens is 2. The first-order valence-corrected chi connectivity index (χ1v) is 10.4. The van der Waals surface area contributed by atoms with Gasteiger partial charge in [0.25, 0.3) is 0 Å². The Morgan fingerprint density at radius 2 is 1.65 bits per heavy atom. The molecule has 1 heterocycles. The molecule has 0 fully saturated rings. The van der Waals surface area contributed by atoms with Crippen molar-refractivity contribution in [2.24, 2.45) is 0 Å². The Balaban J connectivity index is 1.98. The van der Waals surface area contributed by atoms with Crippen molar-refractivity contribution < 1.29 is 11.9 Å². The van der Waals surface area contributed by atoms with Gasteiger partial charge in [0.05, 0.1) is 0 Å². The number of nitrogens with one attached hydrogen (secondary N) is 1. The normalized spacial score (nSPS) is 11.7. The number of fused-ring (bicyclic) bond motifs is 1. The van der Waals surface area contributed by atoms with Crippen molar-refractivity contribution in [1.82, 2.24) is 9.97 Å². The van der Waals surface area contributed by atoms with Gasteiger partial charge in [0.15, 0.2) is 0 Å². The molecule has 6 nitrogen and oxygen atoms in total. The summed E-state index contributed by atoms with van der Waals surface area (Å²) in [4.78, 5) is 8.55. The van der Waals surface area contributed by atoms with Gasteiger partial charge >= 0.3 is 136 Å². The van der Waals surface area contributed by atoms with Crippen LogP contribution in [-0.2, 0) is 3.74 Å². The van der Waals surface area contributed by atoms with Crippen LogP contribution >= 0.6 is 0 Å². The van der Waals surface area contributed by atoms with E-state index in [0.717, 1.165) is 22.0 Å². The fraction of sp³-hybridized carbons (Fsp3) is 0.125. The van der Waals surface area contributed by atoms with E-state index >= 15 is 0 Å². The third kappa shape index (κ3) is 3.29. The van der Waals surface area contributed by atoms with E-state index in [1.165, 1.54) is 18.5 Å². The number of nitrogens with zero attached hydrogens (tertiary/aromatic N) is 2. The zero-order valence-corrected chi connectivity index (χ0v) is 14.6. The van der Waals surface area contributed by atoms with Crippen molar-refractivity contribution in [3.63, 3.8) is 0 Å². The molecule has 3 aromatic rings. The van der Waals surface area contributed by atoms with Gasteiger partial charge in [-0.15, -0.1) is 0 Å². The van der Waals surface area contributed by atoms with Crippen LogP contribution in [0.1, 0.15) is 11.1 Å². The van der Waals surface area contributed by atoms with Crippen LogP contribution in [0.5, 0.6) is 0 Å². The van der Waals surface area contributed by atoms with Crippen LogP contribution in [0, 0.1) is 13.8 Å². The summed E-state index contributed by atoms with van der Waals surface area (Å²) in [5, 5.41) is 4.08. The average Bonchev–Trinajstić information content (AvgIpc) is 2.49. The minimum absolute atomic E-state index is 0.0488. The van der Waals surface area contributed by atoms with Crippen molar-refractivity contribution >= 4 is 40.9 Å². The second-order valence-corrected chi connectivity index (χ2v) is 8.76. The van der Waals surface area contributed by atoms with Crippen molar-refractivity contribution in [2.75, 3.05) is 5.32 Å². The Labute approximate surface area is 136 Å². The number of rotatable bonds is 3. The van der Waals surface area contributed by atoms with E-state index in [2.05, 4.69) is 15.3 Å². The quantitative estimate of drug-likeness (QED) is 0.603. The Hall–Kier alpha value is -2.14. The fourth-order valence-corrected chi connectivity index (χ4v) is 3.42. The predicted molar refractivity (Wildman–Crippen MR) is 89.2 cm³/mol. The Kier molecular flexibility index (Phi) is 3.98. The van der Waals surface area contributed by atoms with Gasteiger partial charge in [-0.3, -0.25) is 0 Å². The standard InChI is InChI=1S/C16H16AsN3O3/c1-10-7-14-15(8-11(10)2)18-9-19-16(14)20-13-5-3-12(4-6-13)17(21,22)23/h3-9H,1-2H3,(H,18,19,20)(H2,21,22,23). The summed E-state index contributed by atoms with van der Waals surface area (Å²) in [6.07, 6.45) is 1.49. The molecular weight excluding hydrogens is 357 g/mol. The van der Waals surface area contributed by atoms with E-state index < -0.39 is 14.2 Å². The molecule has 3 rings (SSSR count). The molecule has 0 bridgehead atoms. The summed E-state index contributed by atoms with van der Waals surface area (Å²) < 4.78 is 29.7. The molecule has 2 aromatic carbocycles. The molecule has 0 unspecified atom stereocenters. The van der Waals surface area contributed by atoms with E-state index in [9.17, 15) is 11.9 Å². The molecule has 0 radical (unpaired) electrons. The third-order valence-electron chi connectivity index (χ3n) is 3.72. The molecule has 0 aliphatic rings. The zero-order valence-electron chi connectivity index (χ0n) is 12.7. The number of hydrogen-bond donors (Lipinski definition) is 3. The van der Waals surface area contributed by atoms with Crippen molar-refractivity contribution in [1.29, 1.82) is 0 Å². The summed E-state index contributed by atoms with van der Waals surface area (Å²) >= 11 is -4.85. The first kappa shape index (κ1) is 15.7. The summed E-state index contributed by atoms with van der Waals surface area (Å²) in [6, 6.07) is 10.2. The second-order valence-electron chi connectivity index (χ2n) is 5.39. The van der Waals surface area contributed by atoms with E-state index in [-0.39, 0.29) is 4.35 Å². The molecule has 0 atom stereocenters. The van der Waals surface area contributed by atoms with E-state index in [0.29, 0.717) is 11.5 Å². The van der Waals surface area contributed by atoms with Crippen LogP contribution in [0.25, 0.3) is 10.9 Å². The molecular formula is C16H16AsN3O3. The molecule has 7 heteroatoms. The van der Waals surface area contributed by atoms with Crippen LogP contribution in [0.2, 0.25) is 0 Å². The minimum atomic E-state index is -4.85. The molecule has 0 saturated carbocycles. The summed E-state index contributed by atoms with van der Waals surface area (Å²) in [5.74, 6) is 0.660. The number of hydrogen-bond acceptors (Lipinski definition) is 4. The number of aryl methyl sites for hydroxylation is 2. The van der Waals surface area contributed by atoms with Gasteiger partial charge in [-0.05, 0) is 0 Å². The van der Waals surface area contributed by atoms with Crippen molar-refractivity contribution in [2.45, 2.75) is 13.8 Å². The van der Waals surface area contributed by atoms with Gasteiger partial charge in [0, 0.05) is 0 Å². The van der Waals surface area contributed by atoms with Crippen LogP contribution in [0.3, 0.4) is 0 Å². The maximum atomic E-state index is 11.3. The van der Waals surface area contributed by atoms with E-state index in [4.69, 9.17) is 0 Å². The van der Waals surface area contributed by atoms with Crippen LogP contribution < -0.4 is 9.67 Å². The Bertz CT molecular complexity index is 920. The fourth-order valence-electron chi connectivity index (χ4n) is 2.29. The van der Waals surface area contributed by atoms with E-state index in [1.807, 2.05) is 26.0 Å². The molecule has 0 saturated heterocycles. The Morgan fingerprint density at radius 3 is 2.30 bits per heavy atom. The molecule has 0 aliphatic carbocycles. The SMILES string of the molecule is Cc1cc2ncnc(Nc3ccc([As](=O)(O)O)cc3)c2cc1C. The molecule has 3 N–H and O–H groups in total. The predicted octanol–water partition coefficient (Wildman–Crippen LogP) is 1.55. The summed E-state index contributed by atoms with van der Waals surface area (Å²) in [5.41, 5.74) is 3.86. The third-order valence-corrected chi connectivity index (χ3v) is 5.75. The van der Waals surface area contributed by atoms with Gasteiger partial charge in [0.1, 0.15) is 0 Å². The zero-order chi connectivity index (χ0) is 16.6. The van der Waals surface area contributed by atoms with E-state index in [1.54, 1.807) is 12.1 Å². The first-order valence-electron chi connectivity index (χ1n) is 7.00. The molecule has 23 heavy (non-hydrogen) atoms. The van der Waals surface area contributed by atoms with Crippen LogP contribution in [-0.4, -0.2) is 32.3 Å². The summed E-state index contributed by atoms with van der Waals surface area (Å²) in [7, 11) is 0. The molecule has 118 valence electrons. The second kappa shape index (κ2) is 5.81. The molecule has 1 aromatic heterocycles. The van der Waals surface area contributed by atoms with Gasteiger partial charge in [-0.1, -0.05) is 0 Å². The molecule has 0 amide bonds. The average molecular weight is 373 g/mol. The molecule has 0 aliphatic heterocycles. The first-order chi connectivity index (χ1) is 10.8. The van der Waals surface area contributed by atoms with Gasteiger partial charge in [0.2, 0.25) is 0 Å². The maximum absolute atomic E-state index is 11.3. The Morgan fingerprint density at radius 1 is 1.00 bits per heavy atom. The van der Waals surface area contributed by atoms with Gasteiger partial charge in [-0.2, -0.15) is 0 Å². The van der Waals surface area contributed by atoms with Crippen LogP contribution in [0.15, 0.2) is 42.7 Å². The topological polar surface area (TPSA) is 95.3 Å². The number of anilines is 2. The summed E-state index contributed by atoms with van der Waals surface area (Å²) in [6.45, 7) is 4.06. The van der Waals surface area contributed by atoms with Crippen molar-refractivity contribution in [3.8, 4) is 0 Å². The monoisotopic (exact) mass is 373 g/mol. The molecule has 0 spiro atoms. The van der Waals surface area contributed by atoms with Gasteiger partial charge in [-0.25, -0.2) is 0 Å². The van der Waals surface area contributed by atoms with Crippen molar-refractivity contribution in [3.05, 3.63) is 53.9 Å².